The van der Waals surface area contributed by atoms with Gasteiger partial charge in [0.05, 0.1) is 10.6 Å². The Hall–Kier alpha value is -2.90. The Kier molecular flexibility index (Phi) is 7.43. The van der Waals surface area contributed by atoms with E-state index >= 15 is 0 Å². The van der Waals surface area contributed by atoms with Crippen LogP contribution < -0.4 is 16.9 Å². The van der Waals surface area contributed by atoms with Crippen molar-refractivity contribution in [3.63, 3.8) is 0 Å². The van der Waals surface area contributed by atoms with Crippen LogP contribution in [0.1, 0.15) is 76.3 Å². The Morgan fingerprint density at radius 2 is 1.27 bits per heavy atom. The number of nitrogens with zero attached hydrogens (tertiary/aromatic N) is 3. The van der Waals surface area contributed by atoms with E-state index in [0.717, 1.165) is 38.5 Å². The molecule has 2 aliphatic carbocycles. The standard InChI is InChI=1S/C11H14N2O3.C11H16N2O/c14-11-10(13(15)16)7-4-8-12(11)9-5-2-1-3-6-9;12-10-7-4-8-13(11(10)14)9-5-2-1-3-6-9/h4,7-9H,1-3,5-6H2;4,7-9H,1-3,5-6,12H2. The second kappa shape index (κ2) is 10.2. The van der Waals surface area contributed by atoms with E-state index < -0.39 is 10.5 Å². The first-order chi connectivity index (χ1) is 14.5. The van der Waals surface area contributed by atoms with Gasteiger partial charge < -0.3 is 14.9 Å². The zero-order valence-corrected chi connectivity index (χ0v) is 17.2. The molecule has 2 heterocycles. The second-order valence-corrected chi connectivity index (χ2v) is 8.12. The monoisotopic (exact) mass is 414 g/mol. The molecule has 0 atom stereocenters. The summed E-state index contributed by atoms with van der Waals surface area (Å²) in [6.07, 6.45) is 14.8. The highest BCUT2D eigenvalue weighted by molar-refractivity contribution is 5.33. The Balaban J connectivity index is 0.000000172. The predicted octanol–water partition coefficient (Wildman–Crippen LogP) is 4.20. The van der Waals surface area contributed by atoms with E-state index in [9.17, 15) is 19.7 Å². The highest BCUT2D eigenvalue weighted by atomic mass is 16.6. The van der Waals surface area contributed by atoms with E-state index in [-0.39, 0.29) is 17.3 Å². The first kappa shape index (κ1) is 21.8. The normalized spacial score (nSPS) is 17.7. The molecule has 2 fully saturated rings. The second-order valence-electron chi connectivity index (χ2n) is 8.12. The van der Waals surface area contributed by atoms with Gasteiger partial charge in [0.25, 0.3) is 5.56 Å². The van der Waals surface area contributed by atoms with Crippen LogP contribution in [0.3, 0.4) is 0 Å². The lowest BCUT2D eigenvalue weighted by Gasteiger charge is -2.23. The number of nitro groups is 1. The van der Waals surface area contributed by atoms with Crippen molar-refractivity contribution < 1.29 is 4.92 Å². The van der Waals surface area contributed by atoms with Crippen LogP contribution in [0, 0.1) is 10.1 Å². The van der Waals surface area contributed by atoms with Crippen LogP contribution in [0.4, 0.5) is 11.4 Å². The molecule has 0 radical (unpaired) electrons. The summed E-state index contributed by atoms with van der Waals surface area (Å²) in [7, 11) is 0. The molecule has 8 nitrogen and oxygen atoms in total. The number of nitrogen functional groups attached to an aromatic ring is 1. The summed E-state index contributed by atoms with van der Waals surface area (Å²) in [5.74, 6) is 0. The number of anilines is 1. The molecule has 0 aromatic carbocycles. The minimum Gasteiger partial charge on any atom is -0.394 e. The zero-order valence-electron chi connectivity index (χ0n) is 17.2. The average Bonchev–Trinajstić information content (AvgIpc) is 2.77. The van der Waals surface area contributed by atoms with Crippen molar-refractivity contribution in [2.24, 2.45) is 0 Å². The van der Waals surface area contributed by atoms with Gasteiger partial charge in [-0.15, -0.1) is 0 Å². The minimum absolute atomic E-state index is 0.0283. The minimum atomic E-state index is -0.609. The molecule has 0 unspecified atom stereocenters. The molecule has 0 amide bonds. The van der Waals surface area contributed by atoms with E-state index in [4.69, 9.17) is 5.73 Å². The summed E-state index contributed by atoms with van der Waals surface area (Å²) in [5.41, 5.74) is 5.13. The van der Waals surface area contributed by atoms with E-state index in [2.05, 4.69) is 0 Å². The maximum absolute atomic E-state index is 11.8. The first-order valence-corrected chi connectivity index (χ1v) is 10.8. The molecule has 8 heteroatoms. The van der Waals surface area contributed by atoms with Gasteiger partial charge in [-0.3, -0.25) is 19.7 Å². The van der Waals surface area contributed by atoms with E-state index in [1.807, 2.05) is 12.3 Å². The molecule has 4 rings (SSSR count). The van der Waals surface area contributed by atoms with Gasteiger partial charge in [-0.25, -0.2) is 0 Å². The molecule has 2 N–H and O–H groups in total. The maximum atomic E-state index is 11.8. The lowest BCUT2D eigenvalue weighted by atomic mass is 9.95. The van der Waals surface area contributed by atoms with Crippen molar-refractivity contribution >= 4 is 11.4 Å². The molecule has 2 aromatic rings. The topological polar surface area (TPSA) is 113 Å². The third-order valence-electron chi connectivity index (χ3n) is 6.09. The summed E-state index contributed by atoms with van der Waals surface area (Å²) in [6, 6.07) is 6.88. The highest BCUT2D eigenvalue weighted by Gasteiger charge is 2.20. The molecule has 0 saturated heterocycles. The summed E-state index contributed by atoms with van der Waals surface area (Å²) >= 11 is 0. The van der Waals surface area contributed by atoms with Crippen molar-refractivity contribution in [1.29, 1.82) is 0 Å². The number of pyridine rings is 2. The van der Waals surface area contributed by atoms with Crippen LogP contribution in [0.5, 0.6) is 0 Å². The maximum Gasteiger partial charge on any atom is 0.334 e. The Bertz CT molecular complexity index is 970. The number of nitrogens with two attached hydrogens (primary N) is 1. The summed E-state index contributed by atoms with van der Waals surface area (Å²) < 4.78 is 3.33. The van der Waals surface area contributed by atoms with Crippen LogP contribution in [0.2, 0.25) is 0 Å². The third-order valence-corrected chi connectivity index (χ3v) is 6.09. The Labute approximate surface area is 175 Å². The van der Waals surface area contributed by atoms with Crippen molar-refractivity contribution in [3.8, 4) is 0 Å². The van der Waals surface area contributed by atoms with E-state index in [1.54, 1.807) is 22.9 Å². The van der Waals surface area contributed by atoms with Gasteiger partial charge >= 0.3 is 11.2 Å². The fraction of sp³-hybridized carbons (Fsp3) is 0.545. The molecular weight excluding hydrogens is 384 g/mol. The molecule has 2 saturated carbocycles. The summed E-state index contributed by atoms with van der Waals surface area (Å²) in [5, 5.41) is 10.6. The van der Waals surface area contributed by atoms with Gasteiger partial charge in [0.2, 0.25) is 0 Å². The van der Waals surface area contributed by atoms with Gasteiger partial charge in [0, 0.05) is 30.5 Å². The first-order valence-electron chi connectivity index (χ1n) is 10.8. The quantitative estimate of drug-likeness (QED) is 0.597. The van der Waals surface area contributed by atoms with Crippen molar-refractivity contribution in [3.05, 3.63) is 67.5 Å². The molecule has 0 aliphatic heterocycles. The van der Waals surface area contributed by atoms with E-state index in [0.29, 0.717) is 11.7 Å². The van der Waals surface area contributed by atoms with Gasteiger partial charge in [0.15, 0.2) is 0 Å². The third kappa shape index (κ3) is 5.17. The molecule has 0 bridgehead atoms. The molecule has 0 spiro atoms. The Morgan fingerprint density at radius 1 is 0.800 bits per heavy atom. The van der Waals surface area contributed by atoms with Crippen LogP contribution in [0.25, 0.3) is 0 Å². The fourth-order valence-electron chi connectivity index (χ4n) is 4.46. The van der Waals surface area contributed by atoms with Crippen molar-refractivity contribution in [2.45, 2.75) is 76.3 Å². The molecule has 30 heavy (non-hydrogen) atoms. The lowest BCUT2D eigenvalue weighted by Crippen LogP contribution is -2.27. The molecular formula is C22H30N4O4. The molecule has 2 aliphatic rings. The number of aromatic nitrogens is 2. The van der Waals surface area contributed by atoms with Crippen molar-refractivity contribution in [2.75, 3.05) is 5.73 Å². The van der Waals surface area contributed by atoms with Gasteiger partial charge in [0.1, 0.15) is 0 Å². The number of rotatable bonds is 3. The molecule has 2 aromatic heterocycles. The van der Waals surface area contributed by atoms with Crippen LogP contribution in [-0.2, 0) is 0 Å². The summed E-state index contributed by atoms with van der Waals surface area (Å²) in [6.45, 7) is 0. The summed E-state index contributed by atoms with van der Waals surface area (Å²) in [4.78, 5) is 33.6. The highest BCUT2D eigenvalue weighted by Crippen LogP contribution is 2.27. The zero-order chi connectivity index (χ0) is 21.5. The van der Waals surface area contributed by atoms with Crippen LogP contribution in [0.15, 0.2) is 46.2 Å². The van der Waals surface area contributed by atoms with E-state index in [1.165, 1.54) is 36.3 Å². The number of hydrogen-bond acceptors (Lipinski definition) is 5. The van der Waals surface area contributed by atoms with Gasteiger partial charge in [-0.05, 0) is 43.9 Å². The SMILES string of the molecule is Nc1cccn(C2CCCCC2)c1=O.O=c1c([N+](=O)[O-])cccn1C1CCCCC1. The van der Waals surface area contributed by atoms with Crippen molar-refractivity contribution in [1.82, 2.24) is 9.13 Å². The van der Waals surface area contributed by atoms with Crippen LogP contribution in [-0.4, -0.2) is 14.1 Å². The Morgan fingerprint density at radius 3 is 1.77 bits per heavy atom. The lowest BCUT2D eigenvalue weighted by molar-refractivity contribution is -0.386. The fourth-order valence-corrected chi connectivity index (χ4v) is 4.46. The molecule has 162 valence electrons. The smallest absolute Gasteiger partial charge is 0.334 e. The number of hydrogen-bond donors (Lipinski definition) is 1. The van der Waals surface area contributed by atoms with Crippen LogP contribution >= 0.6 is 0 Å². The average molecular weight is 415 g/mol. The van der Waals surface area contributed by atoms with Gasteiger partial charge in [-0.1, -0.05) is 38.5 Å². The largest absolute Gasteiger partial charge is 0.394 e. The predicted molar refractivity (Wildman–Crippen MR) is 117 cm³/mol. The van der Waals surface area contributed by atoms with Gasteiger partial charge in [-0.2, -0.15) is 0 Å².